The summed E-state index contributed by atoms with van der Waals surface area (Å²) in [4.78, 5) is 0. The van der Waals surface area contributed by atoms with Gasteiger partial charge >= 0.3 is 0 Å². The van der Waals surface area contributed by atoms with Crippen molar-refractivity contribution in [2.45, 2.75) is 39.2 Å². The Kier molecular flexibility index (Phi) is 4.74. The van der Waals surface area contributed by atoms with E-state index >= 15 is 0 Å². The molecular weight excluding hydrogens is 172 g/mol. The fourth-order valence-electron chi connectivity index (χ4n) is 1.58. The Morgan fingerprint density at radius 1 is 1.50 bits per heavy atom. The summed E-state index contributed by atoms with van der Waals surface area (Å²) in [5.74, 6) is 0. The van der Waals surface area contributed by atoms with Crippen molar-refractivity contribution in [2.75, 3.05) is 6.54 Å². The number of hydrogen-bond donors (Lipinski definition) is 1. The SMILES string of the molecule is CCCNC(C)CCc1ccn(C)c1. The first-order valence-electron chi connectivity index (χ1n) is 5.56. The summed E-state index contributed by atoms with van der Waals surface area (Å²) < 4.78 is 2.11. The number of nitrogens with one attached hydrogen (secondary N) is 1. The standard InChI is InChI=1S/C12H22N2/c1-4-8-13-11(2)5-6-12-7-9-14(3)10-12/h7,9-11,13H,4-6,8H2,1-3H3. The minimum Gasteiger partial charge on any atom is -0.357 e. The van der Waals surface area contributed by atoms with Crippen molar-refractivity contribution in [1.82, 2.24) is 9.88 Å². The first-order valence-corrected chi connectivity index (χ1v) is 5.56. The van der Waals surface area contributed by atoms with Crippen molar-refractivity contribution < 1.29 is 0 Å². The largest absolute Gasteiger partial charge is 0.357 e. The van der Waals surface area contributed by atoms with E-state index in [1.165, 1.54) is 24.8 Å². The molecule has 0 aliphatic rings. The molecular formula is C12H22N2. The first kappa shape index (κ1) is 11.3. The average Bonchev–Trinajstić information content (AvgIpc) is 2.58. The third-order valence-electron chi connectivity index (χ3n) is 2.50. The topological polar surface area (TPSA) is 17.0 Å². The molecule has 0 bridgehead atoms. The van der Waals surface area contributed by atoms with E-state index < -0.39 is 0 Å². The molecule has 1 rings (SSSR count). The van der Waals surface area contributed by atoms with Crippen LogP contribution in [0.25, 0.3) is 0 Å². The van der Waals surface area contributed by atoms with Gasteiger partial charge in [0.05, 0.1) is 0 Å². The van der Waals surface area contributed by atoms with Gasteiger partial charge in [0, 0.05) is 25.5 Å². The summed E-state index contributed by atoms with van der Waals surface area (Å²) in [5, 5.41) is 3.50. The smallest absolute Gasteiger partial charge is 0.0106 e. The van der Waals surface area contributed by atoms with Crippen molar-refractivity contribution in [2.24, 2.45) is 7.05 Å². The van der Waals surface area contributed by atoms with Crippen LogP contribution in [0.4, 0.5) is 0 Å². The van der Waals surface area contributed by atoms with Crippen molar-refractivity contribution in [3.8, 4) is 0 Å². The molecule has 1 aromatic rings. The molecule has 14 heavy (non-hydrogen) atoms. The third-order valence-corrected chi connectivity index (χ3v) is 2.50. The van der Waals surface area contributed by atoms with Crippen LogP contribution < -0.4 is 5.32 Å². The van der Waals surface area contributed by atoms with Crippen LogP contribution in [0.3, 0.4) is 0 Å². The van der Waals surface area contributed by atoms with Gasteiger partial charge in [-0.3, -0.25) is 0 Å². The van der Waals surface area contributed by atoms with Crippen molar-refractivity contribution >= 4 is 0 Å². The minimum absolute atomic E-state index is 0.634. The Morgan fingerprint density at radius 3 is 2.86 bits per heavy atom. The van der Waals surface area contributed by atoms with E-state index in [2.05, 4.69) is 49.2 Å². The van der Waals surface area contributed by atoms with Gasteiger partial charge in [-0.25, -0.2) is 0 Å². The molecule has 1 unspecified atom stereocenters. The minimum atomic E-state index is 0.634. The summed E-state index contributed by atoms with van der Waals surface area (Å²) >= 11 is 0. The molecule has 0 aliphatic heterocycles. The summed E-state index contributed by atoms with van der Waals surface area (Å²) in [6.45, 7) is 5.60. The van der Waals surface area contributed by atoms with E-state index in [1.54, 1.807) is 0 Å². The highest BCUT2D eigenvalue weighted by Gasteiger charge is 2.01. The van der Waals surface area contributed by atoms with Crippen LogP contribution in [0.2, 0.25) is 0 Å². The fourth-order valence-corrected chi connectivity index (χ4v) is 1.58. The lowest BCUT2D eigenvalue weighted by Gasteiger charge is -2.11. The lowest BCUT2D eigenvalue weighted by atomic mass is 10.1. The quantitative estimate of drug-likeness (QED) is 0.735. The van der Waals surface area contributed by atoms with Crippen LogP contribution in [0, 0.1) is 0 Å². The van der Waals surface area contributed by atoms with Crippen molar-refractivity contribution in [1.29, 1.82) is 0 Å². The zero-order chi connectivity index (χ0) is 10.4. The summed E-state index contributed by atoms with van der Waals surface area (Å²) in [7, 11) is 2.07. The average molecular weight is 194 g/mol. The molecule has 0 radical (unpaired) electrons. The Labute approximate surface area is 87.3 Å². The van der Waals surface area contributed by atoms with Gasteiger partial charge in [0.25, 0.3) is 0 Å². The summed E-state index contributed by atoms with van der Waals surface area (Å²) in [5.41, 5.74) is 1.44. The van der Waals surface area contributed by atoms with E-state index in [0.29, 0.717) is 6.04 Å². The zero-order valence-corrected chi connectivity index (χ0v) is 9.59. The van der Waals surface area contributed by atoms with Gasteiger partial charge in [-0.2, -0.15) is 0 Å². The fraction of sp³-hybridized carbons (Fsp3) is 0.667. The van der Waals surface area contributed by atoms with Gasteiger partial charge in [0.2, 0.25) is 0 Å². The van der Waals surface area contributed by atoms with E-state index in [9.17, 15) is 0 Å². The molecule has 1 aromatic heterocycles. The number of hydrogen-bond acceptors (Lipinski definition) is 1. The summed E-state index contributed by atoms with van der Waals surface area (Å²) in [6, 6.07) is 2.84. The molecule has 80 valence electrons. The van der Waals surface area contributed by atoms with E-state index in [-0.39, 0.29) is 0 Å². The van der Waals surface area contributed by atoms with Crippen molar-refractivity contribution in [3.05, 3.63) is 24.0 Å². The molecule has 0 saturated carbocycles. The van der Waals surface area contributed by atoms with Crippen LogP contribution in [-0.2, 0) is 13.5 Å². The van der Waals surface area contributed by atoms with Gasteiger partial charge in [0.15, 0.2) is 0 Å². The Hall–Kier alpha value is -0.760. The third kappa shape index (κ3) is 3.97. The number of aryl methyl sites for hydroxylation is 2. The molecule has 0 fully saturated rings. The number of aromatic nitrogens is 1. The van der Waals surface area contributed by atoms with Gasteiger partial charge < -0.3 is 9.88 Å². The normalized spacial score (nSPS) is 13.1. The number of nitrogens with zero attached hydrogens (tertiary/aromatic N) is 1. The maximum atomic E-state index is 3.50. The lowest BCUT2D eigenvalue weighted by Crippen LogP contribution is -2.26. The second kappa shape index (κ2) is 5.86. The molecule has 1 heterocycles. The predicted octanol–water partition coefficient (Wildman–Crippen LogP) is 2.35. The molecule has 0 amide bonds. The van der Waals surface area contributed by atoms with E-state index in [4.69, 9.17) is 0 Å². The van der Waals surface area contributed by atoms with Crippen LogP contribution in [0.5, 0.6) is 0 Å². The molecule has 1 N–H and O–H groups in total. The van der Waals surface area contributed by atoms with E-state index in [0.717, 1.165) is 6.54 Å². The highest BCUT2D eigenvalue weighted by atomic mass is 14.9. The number of rotatable bonds is 6. The highest BCUT2D eigenvalue weighted by molar-refractivity contribution is 5.10. The van der Waals surface area contributed by atoms with Gasteiger partial charge in [-0.1, -0.05) is 6.92 Å². The van der Waals surface area contributed by atoms with Gasteiger partial charge in [-0.15, -0.1) is 0 Å². The molecule has 0 spiro atoms. The predicted molar refractivity (Wildman–Crippen MR) is 61.5 cm³/mol. The Bertz CT molecular complexity index is 253. The lowest BCUT2D eigenvalue weighted by molar-refractivity contribution is 0.513. The van der Waals surface area contributed by atoms with E-state index in [1.807, 2.05) is 0 Å². The molecule has 0 aromatic carbocycles. The van der Waals surface area contributed by atoms with Gasteiger partial charge in [0.1, 0.15) is 0 Å². The Balaban J connectivity index is 2.20. The van der Waals surface area contributed by atoms with Crippen LogP contribution in [0.15, 0.2) is 18.5 Å². The molecule has 0 saturated heterocycles. The van der Waals surface area contributed by atoms with Crippen molar-refractivity contribution in [3.63, 3.8) is 0 Å². The molecule has 0 aliphatic carbocycles. The highest BCUT2D eigenvalue weighted by Crippen LogP contribution is 2.05. The monoisotopic (exact) mass is 194 g/mol. The maximum absolute atomic E-state index is 3.50. The van der Waals surface area contributed by atoms with Gasteiger partial charge in [-0.05, 0) is 44.4 Å². The second-order valence-corrected chi connectivity index (χ2v) is 4.08. The maximum Gasteiger partial charge on any atom is 0.0106 e. The summed E-state index contributed by atoms with van der Waals surface area (Å²) in [6.07, 6.45) is 7.93. The first-order chi connectivity index (χ1) is 6.72. The molecule has 1 atom stereocenters. The Morgan fingerprint density at radius 2 is 2.29 bits per heavy atom. The zero-order valence-electron chi connectivity index (χ0n) is 9.59. The van der Waals surface area contributed by atoms with Crippen LogP contribution >= 0.6 is 0 Å². The second-order valence-electron chi connectivity index (χ2n) is 4.08. The van der Waals surface area contributed by atoms with Crippen LogP contribution in [-0.4, -0.2) is 17.2 Å². The molecule has 2 nitrogen and oxygen atoms in total. The van der Waals surface area contributed by atoms with Crippen LogP contribution in [0.1, 0.15) is 32.3 Å². The molecule has 2 heteroatoms.